The predicted molar refractivity (Wildman–Crippen MR) is 80.0 cm³/mol. The first-order valence-corrected chi connectivity index (χ1v) is 7.06. The minimum atomic E-state index is -0.668. The molecule has 0 heterocycles. The maximum atomic E-state index is 13.6. The molecule has 1 atom stereocenters. The Morgan fingerprint density at radius 1 is 1.00 bits per heavy atom. The summed E-state index contributed by atoms with van der Waals surface area (Å²) in [6.45, 7) is 4.34. The second kappa shape index (κ2) is 6.67. The van der Waals surface area contributed by atoms with Crippen molar-refractivity contribution in [1.29, 1.82) is 0 Å². The summed E-state index contributed by atoms with van der Waals surface area (Å²) >= 11 is 0. The van der Waals surface area contributed by atoms with E-state index in [1.165, 1.54) is 11.6 Å². The molecule has 2 aromatic carbocycles. The maximum Gasteiger partial charge on any atom is 0.126 e. The smallest absolute Gasteiger partial charge is 0.126 e. The van der Waals surface area contributed by atoms with Gasteiger partial charge >= 0.3 is 0 Å². The minimum Gasteiger partial charge on any atom is -0.388 e. The summed E-state index contributed by atoms with van der Waals surface area (Å²) < 4.78 is 13.6. The topological polar surface area (TPSA) is 20.2 Å². The molecule has 2 rings (SSSR count). The molecule has 0 amide bonds. The SMILES string of the molecule is CC(C)Cc1cccc(C(O)Cc2ccccc2F)c1. The van der Waals surface area contributed by atoms with Crippen molar-refractivity contribution in [2.75, 3.05) is 0 Å². The highest BCUT2D eigenvalue weighted by atomic mass is 19.1. The fourth-order valence-corrected chi connectivity index (χ4v) is 2.39. The molecule has 1 N–H and O–H groups in total. The Hall–Kier alpha value is -1.67. The first kappa shape index (κ1) is 14.7. The number of hydrogen-bond acceptors (Lipinski definition) is 1. The van der Waals surface area contributed by atoms with Crippen LogP contribution in [0.3, 0.4) is 0 Å². The van der Waals surface area contributed by atoms with Crippen molar-refractivity contribution in [2.45, 2.75) is 32.8 Å². The second-order valence-electron chi connectivity index (χ2n) is 5.65. The average Bonchev–Trinajstić information content (AvgIpc) is 2.41. The molecule has 0 bridgehead atoms. The molecule has 20 heavy (non-hydrogen) atoms. The zero-order valence-corrected chi connectivity index (χ0v) is 12.0. The molecule has 0 saturated carbocycles. The van der Waals surface area contributed by atoms with Gasteiger partial charge < -0.3 is 5.11 Å². The highest BCUT2D eigenvalue weighted by Crippen LogP contribution is 2.21. The maximum absolute atomic E-state index is 13.6. The van der Waals surface area contributed by atoms with Gasteiger partial charge in [-0.15, -0.1) is 0 Å². The van der Waals surface area contributed by atoms with E-state index < -0.39 is 6.10 Å². The number of aliphatic hydroxyl groups excluding tert-OH is 1. The molecule has 0 radical (unpaired) electrons. The van der Waals surface area contributed by atoms with Gasteiger partial charge in [0.05, 0.1) is 6.10 Å². The van der Waals surface area contributed by atoms with E-state index in [0.717, 1.165) is 12.0 Å². The van der Waals surface area contributed by atoms with Crippen LogP contribution in [0.5, 0.6) is 0 Å². The zero-order chi connectivity index (χ0) is 14.5. The van der Waals surface area contributed by atoms with Gasteiger partial charge in [-0.25, -0.2) is 4.39 Å². The summed E-state index contributed by atoms with van der Waals surface area (Å²) in [7, 11) is 0. The van der Waals surface area contributed by atoms with Gasteiger partial charge in [0.2, 0.25) is 0 Å². The van der Waals surface area contributed by atoms with Crippen molar-refractivity contribution in [2.24, 2.45) is 5.92 Å². The standard InChI is InChI=1S/C18H21FO/c1-13(2)10-14-6-5-8-16(11-14)18(20)12-15-7-3-4-9-17(15)19/h3-9,11,13,18,20H,10,12H2,1-2H3. The van der Waals surface area contributed by atoms with E-state index in [9.17, 15) is 9.50 Å². The molecular formula is C18H21FO. The van der Waals surface area contributed by atoms with Crippen molar-refractivity contribution in [3.8, 4) is 0 Å². The van der Waals surface area contributed by atoms with Crippen molar-refractivity contribution in [3.05, 3.63) is 71.0 Å². The third-order valence-corrected chi connectivity index (χ3v) is 3.35. The van der Waals surface area contributed by atoms with Crippen LogP contribution >= 0.6 is 0 Å². The summed E-state index contributed by atoms with van der Waals surface area (Å²) in [5, 5.41) is 10.3. The van der Waals surface area contributed by atoms with Crippen LogP contribution in [0.15, 0.2) is 48.5 Å². The molecule has 0 aliphatic heterocycles. The lowest BCUT2D eigenvalue weighted by molar-refractivity contribution is 0.177. The van der Waals surface area contributed by atoms with Gasteiger partial charge in [0, 0.05) is 6.42 Å². The van der Waals surface area contributed by atoms with Crippen LogP contribution in [0.1, 0.15) is 36.6 Å². The lowest BCUT2D eigenvalue weighted by Gasteiger charge is -2.14. The van der Waals surface area contributed by atoms with Crippen LogP contribution < -0.4 is 0 Å². The third kappa shape index (κ3) is 3.91. The van der Waals surface area contributed by atoms with Gasteiger partial charge in [-0.05, 0) is 35.1 Å². The quantitative estimate of drug-likeness (QED) is 0.860. The Kier molecular flexibility index (Phi) is 4.91. The number of rotatable bonds is 5. The lowest BCUT2D eigenvalue weighted by Crippen LogP contribution is -2.04. The lowest BCUT2D eigenvalue weighted by atomic mass is 9.96. The molecule has 1 unspecified atom stereocenters. The molecule has 0 aliphatic carbocycles. The van der Waals surface area contributed by atoms with E-state index in [1.807, 2.05) is 18.2 Å². The summed E-state index contributed by atoms with van der Waals surface area (Å²) in [6, 6.07) is 14.5. The highest BCUT2D eigenvalue weighted by Gasteiger charge is 2.12. The summed E-state index contributed by atoms with van der Waals surface area (Å²) in [5.41, 5.74) is 2.62. The van der Waals surface area contributed by atoms with Gasteiger partial charge in [0.25, 0.3) is 0 Å². The van der Waals surface area contributed by atoms with Gasteiger partial charge in [-0.3, -0.25) is 0 Å². The van der Waals surface area contributed by atoms with Gasteiger partial charge in [-0.1, -0.05) is 56.3 Å². The van der Waals surface area contributed by atoms with Crippen molar-refractivity contribution in [1.82, 2.24) is 0 Å². The fourth-order valence-electron chi connectivity index (χ4n) is 2.39. The largest absolute Gasteiger partial charge is 0.388 e. The Balaban J connectivity index is 2.13. The summed E-state index contributed by atoms with van der Waals surface area (Å²) in [4.78, 5) is 0. The van der Waals surface area contributed by atoms with Crippen molar-refractivity contribution in [3.63, 3.8) is 0 Å². The van der Waals surface area contributed by atoms with Gasteiger partial charge in [0.1, 0.15) is 5.82 Å². The molecular weight excluding hydrogens is 251 g/mol. The van der Waals surface area contributed by atoms with Crippen molar-refractivity contribution >= 4 is 0 Å². The number of hydrogen-bond donors (Lipinski definition) is 1. The molecule has 2 aromatic rings. The van der Waals surface area contributed by atoms with Crippen LogP contribution in [0, 0.1) is 11.7 Å². The normalized spacial score (nSPS) is 12.7. The highest BCUT2D eigenvalue weighted by molar-refractivity contribution is 5.28. The molecule has 106 valence electrons. The molecule has 0 aliphatic rings. The molecule has 1 nitrogen and oxygen atoms in total. The van der Waals surface area contributed by atoms with Crippen molar-refractivity contribution < 1.29 is 9.50 Å². The Labute approximate surface area is 120 Å². The van der Waals surface area contributed by atoms with Gasteiger partial charge in [-0.2, -0.15) is 0 Å². The molecule has 2 heteroatoms. The van der Waals surface area contributed by atoms with E-state index in [-0.39, 0.29) is 5.82 Å². The molecule has 0 fully saturated rings. The van der Waals surface area contributed by atoms with E-state index in [2.05, 4.69) is 19.9 Å². The van der Waals surface area contributed by atoms with Crippen LogP contribution in [-0.4, -0.2) is 5.11 Å². The molecule has 0 saturated heterocycles. The zero-order valence-electron chi connectivity index (χ0n) is 12.0. The van der Waals surface area contributed by atoms with Crippen LogP contribution in [0.2, 0.25) is 0 Å². The first-order chi connectivity index (χ1) is 9.56. The summed E-state index contributed by atoms with van der Waals surface area (Å²) in [6.07, 6.45) is 0.622. The van der Waals surface area contributed by atoms with E-state index in [0.29, 0.717) is 17.9 Å². The molecule has 0 spiro atoms. The Morgan fingerprint density at radius 3 is 2.45 bits per heavy atom. The number of aliphatic hydroxyl groups is 1. The second-order valence-corrected chi connectivity index (χ2v) is 5.65. The summed E-state index contributed by atoms with van der Waals surface area (Å²) in [5.74, 6) is 0.318. The van der Waals surface area contributed by atoms with Gasteiger partial charge in [0.15, 0.2) is 0 Å². The van der Waals surface area contributed by atoms with E-state index in [4.69, 9.17) is 0 Å². The Morgan fingerprint density at radius 2 is 1.75 bits per heavy atom. The first-order valence-electron chi connectivity index (χ1n) is 7.06. The third-order valence-electron chi connectivity index (χ3n) is 3.35. The van der Waals surface area contributed by atoms with E-state index >= 15 is 0 Å². The van der Waals surface area contributed by atoms with Crippen LogP contribution in [0.25, 0.3) is 0 Å². The fraction of sp³-hybridized carbons (Fsp3) is 0.333. The average molecular weight is 272 g/mol. The minimum absolute atomic E-state index is 0.259. The monoisotopic (exact) mass is 272 g/mol. The van der Waals surface area contributed by atoms with Crippen LogP contribution in [0.4, 0.5) is 4.39 Å². The van der Waals surface area contributed by atoms with Crippen LogP contribution in [-0.2, 0) is 12.8 Å². The number of halogens is 1. The Bertz CT molecular complexity index is 563. The number of benzene rings is 2. The van der Waals surface area contributed by atoms with E-state index in [1.54, 1.807) is 18.2 Å². The predicted octanol–water partition coefficient (Wildman–Crippen LogP) is 4.30. The molecule has 0 aromatic heterocycles.